The molecule has 35 heavy (non-hydrogen) atoms. The van der Waals surface area contributed by atoms with E-state index in [1.165, 1.54) is 12.1 Å². The molecule has 0 bridgehead atoms. The smallest absolute Gasteiger partial charge is 0.406 e. The molecule has 1 N–H and O–H groups in total. The van der Waals surface area contributed by atoms with Crippen LogP contribution in [0, 0.1) is 11.3 Å². The van der Waals surface area contributed by atoms with Crippen LogP contribution in [0.25, 0.3) is 11.3 Å². The standard InChI is InChI=1S/C26H29F3N4O2/c1-3-21-23(20-8-11-32(2)16-22(20)31-21)24(34)30-15-17-14-25(17)9-12-33(13-10-25)18-4-6-19(7-5-18)35-26(27,28)29/h4-8,11,16-17H,3,9-10,12-15H2,1-2H3,(H,30,34). The number of alkyl halides is 3. The highest BCUT2D eigenvalue weighted by molar-refractivity contribution is 6.02. The van der Waals surface area contributed by atoms with E-state index in [9.17, 15) is 18.0 Å². The fourth-order valence-corrected chi connectivity index (χ4v) is 5.46. The molecule has 1 spiro atoms. The van der Waals surface area contributed by atoms with Gasteiger partial charge >= 0.3 is 6.36 Å². The number of carbonyl (C=O) groups excluding carboxylic acids is 1. The maximum absolute atomic E-state index is 13.1. The van der Waals surface area contributed by atoms with Crippen molar-refractivity contribution in [3.05, 3.63) is 54.0 Å². The molecule has 0 radical (unpaired) electrons. The van der Waals surface area contributed by atoms with Gasteiger partial charge in [-0.3, -0.25) is 9.78 Å². The number of aromatic nitrogens is 2. The molecule has 1 aromatic carbocycles. The molecule has 1 amide bonds. The lowest BCUT2D eigenvalue weighted by molar-refractivity contribution is -0.274. The topological polar surface area (TPSA) is 59.4 Å². The van der Waals surface area contributed by atoms with Crippen LogP contribution in [-0.2, 0) is 13.5 Å². The number of amides is 1. The number of piperidine rings is 1. The van der Waals surface area contributed by atoms with Gasteiger partial charge < -0.3 is 19.5 Å². The first-order valence-electron chi connectivity index (χ1n) is 12.0. The molecule has 5 rings (SSSR count). The molecule has 9 heteroatoms. The SMILES string of the molecule is CCc1nc2cn(C)ccc-2c1C(=O)NCC1CC12CCN(c1ccc(OC(F)(F)F)cc1)CC2. The quantitative estimate of drug-likeness (QED) is 0.532. The molecule has 1 saturated heterocycles. The minimum absolute atomic E-state index is 0.0566. The van der Waals surface area contributed by atoms with Gasteiger partial charge in [-0.2, -0.15) is 0 Å². The third kappa shape index (κ3) is 4.81. The number of pyridine rings is 1. The molecule has 1 atom stereocenters. The molecule has 6 nitrogen and oxygen atoms in total. The number of hydrogen-bond acceptors (Lipinski definition) is 4. The zero-order chi connectivity index (χ0) is 24.8. The van der Waals surface area contributed by atoms with Gasteiger partial charge in [-0.15, -0.1) is 13.2 Å². The lowest BCUT2D eigenvalue weighted by atomic mass is 9.90. The van der Waals surface area contributed by atoms with Crippen molar-refractivity contribution in [3.8, 4) is 17.0 Å². The summed E-state index contributed by atoms with van der Waals surface area (Å²) in [4.78, 5) is 19.9. The van der Waals surface area contributed by atoms with Crippen molar-refractivity contribution in [2.75, 3.05) is 24.5 Å². The Morgan fingerprint density at radius 2 is 1.91 bits per heavy atom. The van der Waals surface area contributed by atoms with E-state index in [1.807, 2.05) is 37.0 Å². The Kier molecular flexibility index (Phi) is 5.89. The summed E-state index contributed by atoms with van der Waals surface area (Å²) >= 11 is 0. The van der Waals surface area contributed by atoms with E-state index in [0.717, 1.165) is 55.0 Å². The summed E-state index contributed by atoms with van der Waals surface area (Å²) in [5, 5.41) is 3.16. The lowest BCUT2D eigenvalue weighted by Crippen LogP contribution is -2.36. The maximum atomic E-state index is 13.1. The van der Waals surface area contributed by atoms with Gasteiger partial charge in [0.25, 0.3) is 5.91 Å². The van der Waals surface area contributed by atoms with Crippen LogP contribution in [0.3, 0.4) is 0 Å². The van der Waals surface area contributed by atoms with Crippen LogP contribution >= 0.6 is 0 Å². The summed E-state index contributed by atoms with van der Waals surface area (Å²) in [6.45, 7) is 4.36. The zero-order valence-corrected chi connectivity index (χ0v) is 19.9. The fraction of sp³-hybridized carbons (Fsp3) is 0.462. The molecular weight excluding hydrogens is 457 g/mol. The molecule has 0 aromatic heterocycles. The van der Waals surface area contributed by atoms with Crippen LogP contribution in [0.1, 0.15) is 42.2 Å². The highest BCUT2D eigenvalue weighted by atomic mass is 19.4. The number of benzene rings is 1. The number of hydrogen-bond donors (Lipinski definition) is 1. The van der Waals surface area contributed by atoms with Crippen molar-refractivity contribution >= 4 is 11.6 Å². The molecule has 1 aliphatic carbocycles. The second kappa shape index (κ2) is 8.77. The van der Waals surface area contributed by atoms with Crippen LogP contribution < -0.4 is 15.0 Å². The second-order valence-electron chi connectivity index (χ2n) is 9.70. The summed E-state index contributed by atoms with van der Waals surface area (Å²) < 4.78 is 43.0. The second-order valence-corrected chi connectivity index (χ2v) is 9.70. The molecule has 1 saturated carbocycles. The number of fused-ring (bicyclic) bond motifs is 1. The van der Waals surface area contributed by atoms with Gasteiger partial charge in [0, 0.05) is 50.3 Å². The van der Waals surface area contributed by atoms with Gasteiger partial charge in [-0.05, 0) is 67.3 Å². The van der Waals surface area contributed by atoms with Gasteiger partial charge in [0.05, 0.1) is 17.0 Å². The number of anilines is 1. The van der Waals surface area contributed by atoms with E-state index < -0.39 is 6.36 Å². The van der Waals surface area contributed by atoms with Gasteiger partial charge in [0.15, 0.2) is 0 Å². The first kappa shape index (κ1) is 23.5. The molecule has 3 aliphatic heterocycles. The summed E-state index contributed by atoms with van der Waals surface area (Å²) in [5.41, 5.74) is 4.39. The molecule has 186 valence electrons. The Morgan fingerprint density at radius 1 is 1.20 bits per heavy atom. The number of carbonyl (C=O) groups is 1. The average molecular weight is 487 g/mol. The number of nitrogens with zero attached hydrogens (tertiary/aromatic N) is 3. The zero-order valence-electron chi connectivity index (χ0n) is 19.9. The molecule has 1 unspecified atom stereocenters. The van der Waals surface area contributed by atoms with Crippen molar-refractivity contribution < 1.29 is 22.7 Å². The van der Waals surface area contributed by atoms with Gasteiger partial charge in [0.2, 0.25) is 0 Å². The number of halogens is 3. The van der Waals surface area contributed by atoms with Crippen molar-refractivity contribution in [1.82, 2.24) is 14.9 Å². The predicted octanol–water partition coefficient (Wildman–Crippen LogP) is 5.02. The average Bonchev–Trinajstić information content (AvgIpc) is 3.34. The summed E-state index contributed by atoms with van der Waals surface area (Å²) in [6.07, 6.45) is 2.99. The van der Waals surface area contributed by atoms with Crippen LogP contribution in [0.4, 0.5) is 18.9 Å². The van der Waals surface area contributed by atoms with E-state index in [1.54, 1.807) is 12.1 Å². The number of nitrogens with one attached hydrogen (secondary N) is 1. The van der Waals surface area contributed by atoms with Crippen molar-refractivity contribution in [3.63, 3.8) is 0 Å². The Morgan fingerprint density at radius 3 is 2.57 bits per heavy atom. The van der Waals surface area contributed by atoms with E-state index in [2.05, 4.69) is 19.9 Å². The molecule has 2 fully saturated rings. The van der Waals surface area contributed by atoms with Crippen molar-refractivity contribution in [2.45, 2.75) is 39.0 Å². The fourth-order valence-electron chi connectivity index (χ4n) is 5.46. The largest absolute Gasteiger partial charge is 0.573 e. The van der Waals surface area contributed by atoms with E-state index >= 15 is 0 Å². The molecule has 3 heterocycles. The molecule has 1 aromatic rings. The Bertz CT molecular complexity index is 1180. The first-order valence-corrected chi connectivity index (χ1v) is 12.0. The Hall–Kier alpha value is -3.23. The third-order valence-corrected chi connectivity index (χ3v) is 7.52. The Labute approximate surface area is 202 Å². The van der Waals surface area contributed by atoms with Crippen LogP contribution in [-0.4, -0.2) is 41.5 Å². The summed E-state index contributed by atoms with van der Waals surface area (Å²) in [6, 6.07) is 8.01. The number of rotatable bonds is 6. The predicted molar refractivity (Wildman–Crippen MR) is 127 cm³/mol. The van der Waals surface area contributed by atoms with Gasteiger partial charge in [0.1, 0.15) is 5.75 Å². The van der Waals surface area contributed by atoms with Crippen molar-refractivity contribution in [2.24, 2.45) is 18.4 Å². The summed E-state index contributed by atoms with van der Waals surface area (Å²) in [5.74, 6) is 0.188. The minimum atomic E-state index is -4.68. The number of aryl methyl sites for hydroxylation is 2. The van der Waals surface area contributed by atoms with Gasteiger partial charge in [-0.1, -0.05) is 6.92 Å². The number of ether oxygens (including phenoxy) is 1. The van der Waals surface area contributed by atoms with E-state index in [-0.39, 0.29) is 17.1 Å². The maximum Gasteiger partial charge on any atom is 0.573 e. The van der Waals surface area contributed by atoms with Crippen LogP contribution in [0.5, 0.6) is 5.75 Å². The Balaban J connectivity index is 1.15. The third-order valence-electron chi connectivity index (χ3n) is 7.52. The van der Waals surface area contributed by atoms with Crippen LogP contribution in [0.2, 0.25) is 0 Å². The van der Waals surface area contributed by atoms with Gasteiger partial charge in [-0.25, -0.2) is 0 Å². The summed E-state index contributed by atoms with van der Waals surface area (Å²) in [7, 11) is 1.94. The highest BCUT2D eigenvalue weighted by Gasteiger charge is 2.54. The lowest BCUT2D eigenvalue weighted by Gasteiger charge is -2.34. The van der Waals surface area contributed by atoms with Crippen molar-refractivity contribution in [1.29, 1.82) is 0 Å². The molecular formula is C26H29F3N4O2. The van der Waals surface area contributed by atoms with E-state index in [4.69, 9.17) is 0 Å². The minimum Gasteiger partial charge on any atom is -0.406 e. The normalized spacial score (nSPS) is 19.2. The monoisotopic (exact) mass is 486 g/mol. The molecule has 4 aliphatic rings. The highest BCUT2D eigenvalue weighted by Crippen LogP contribution is 2.59. The first-order chi connectivity index (χ1) is 16.7. The van der Waals surface area contributed by atoms with E-state index in [0.29, 0.717) is 24.4 Å². The van der Waals surface area contributed by atoms with Crippen LogP contribution in [0.15, 0.2) is 42.7 Å².